The summed E-state index contributed by atoms with van der Waals surface area (Å²) in [5.74, 6) is 1.02. The maximum atomic E-state index is 3.96. The van der Waals surface area contributed by atoms with Gasteiger partial charge in [0, 0.05) is 6.04 Å². The van der Waals surface area contributed by atoms with Crippen LogP contribution in [0.15, 0.2) is 12.7 Å². The second kappa shape index (κ2) is 4.87. The Morgan fingerprint density at radius 3 is 2.30 bits per heavy atom. The van der Waals surface area contributed by atoms with Crippen molar-refractivity contribution in [1.29, 1.82) is 0 Å². The smallest absolute Gasteiger partial charge is 0.0107 e. The molecule has 4 saturated carbocycles. The second-order valence-corrected chi connectivity index (χ2v) is 9.11. The first-order valence-electron chi connectivity index (χ1n) is 8.74. The van der Waals surface area contributed by atoms with Crippen molar-refractivity contribution >= 4 is 0 Å². The average molecular weight is 275 g/mol. The van der Waals surface area contributed by atoms with E-state index in [1.165, 1.54) is 44.9 Å². The molecule has 0 aromatic heterocycles. The zero-order chi connectivity index (χ0) is 14.4. The molecule has 20 heavy (non-hydrogen) atoms. The van der Waals surface area contributed by atoms with Crippen LogP contribution in [-0.2, 0) is 0 Å². The van der Waals surface area contributed by atoms with Crippen LogP contribution in [0.25, 0.3) is 0 Å². The van der Waals surface area contributed by atoms with Gasteiger partial charge in [-0.1, -0.05) is 26.8 Å². The van der Waals surface area contributed by atoms with Gasteiger partial charge in [-0.25, -0.2) is 0 Å². The predicted molar refractivity (Wildman–Crippen MR) is 86.7 cm³/mol. The fourth-order valence-electron chi connectivity index (χ4n) is 7.16. The Hall–Kier alpha value is -0.300. The van der Waals surface area contributed by atoms with Crippen molar-refractivity contribution in [2.75, 3.05) is 6.54 Å². The van der Waals surface area contributed by atoms with E-state index in [0.29, 0.717) is 22.3 Å². The molecule has 1 heteroatoms. The Morgan fingerprint density at radius 1 is 1.15 bits per heavy atom. The van der Waals surface area contributed by atoms with Gasteiger partial charge < -0.3 is 5.32 Å². The molecule has 0 aromatic rings. The van der Waals surface area contributed by atoms with Gasteiger partial charge in [-0.3, -0.25) is 0 Å². The molecule has 3 atom stereocenters. The molecule has 0 aliphatic heterocycles. The van der Waals surface area contributed by atoms with Gasteiger partial charge >= 0.3 is 0 Å². The van der Waals surface area contributed by atoms with Gasteiger partial charge in [-0.2, -0.15) is 0 Å². The van der Waals surface area contributed by atoms with E-state index in [4.69, 9.17) is 0 Å². The molecule has 0 amide bonds. The number of hydrogen-bond donors (Lipinski definition) is 1. The van der Waals surface area contributed by atoms with Crippen molar-refractivity contribution in [3.63, 3.8) is 0 Å². The molecule has 4 fully saturated rings. The molecule has 0 aromatic carbocycles. The van der Waals surface area contributed by atoms with Crippen molar-refractivity contribution < 1.29 is 0 Å². The highest BCUT2D eigenvalue weighted by Crippen LogP contribution is 2.70. The first kappa shape index (κ1) is 14.6. The molecule has 0 spiro atoms. The summed E-state index contributed by atoms with van der Waals surface area (Å²) in [5.41, 5.74) is 1.94. The lowest BCUT2D eigenvalue weighted by Gasteiger charge is -2.66. The molecule has 0 heterocycles. The minimum Gasteiger partial charge on any atom is -0.314 e. The van der Waals surface area contributed by atoms with Crippen molar-refractivity contribution in [2.24, 2.45) is 22.2 Å². The van der Waals surface area contributed by atoms with Gasteiger partial charge in [0.1, 0.15) is 0 Å². The van der Waals surface area contributed by atoms with Gasteiger partial charge in [0.25, 0.3) is 0 Å². The Bertz CT molecular complexity index is 367. The predicted octanol–water partition coefficient (Wildman–Crippen LogP) is 4.93. The Balaban J connectivity index is 1.79. The standard InChI is InChI=1S/C19H33N/c1-5-7-16(20-6-2)11-19-10-15-8-17(3,13-19)12-18(4,9-15)14-19/h5,15-16,20H,1,6-14H2,2-4H3. The van der Waals surface area contributed by atoms with Crippen molar-refractivity contribution in [1.82, 2.24) is 5.32 Å². The summed E-state index contributed by atoms with van der Waals surface area (Å²) in [6, 6.07) is 0.654. The van der Waals surface area contributed by atoms with E-state index in [1.54, 1.807) is 0 Å². The minimum atomic E-state index is 0.638. The Labute approximate surface area is 125 Å². The topological polar surface area (TPSA) is 12.0 Å². The second-order valence-electron chi connectivity index (χ2n) is 9.11. The fraction of sp³-hybridized carbons (Fsp3) is 0.895. The summed E-state index contributed by atoms with van der Waals surface area (Å²) in [7, 11) is 0. The van der Waals surface area contributed by atoms with Crippen LogP contribution in [0.1, 0.15) is 72.1 Å². The van der Waals surface area contributed by atoms with Crippen LogP contribution in [-0.4, -0.2) is 12.6 Å². The lowest BCUT2D eigenvalue weighted by molar-refractivity contribution is -0.150. The van der Waals surface area contributed by atoms with Crippen LogP contribution in [0.4, 0.5) is 0 Å². The quantitative estimate of drug-likeness (QED) is 0.678. The van der Waals surface area contributed by atoms with E-state index in [0.717, 1.165) is 18.9 Å². The molecule has 4 aliphatic rings. The molecule has 0 saturated heterocycles. The lowest BCUT2D eigenvalue weighted by atomic mass is 9.39. The SMILES string of the molecule is C=CCC(CC12CC3CC(C)(CC(C)(C3)C1)C2)NCC. The van der Waals surface area contributed by atoms with Gasteiger partial charge in [0.05, 0.1) is 0 Å². The van der Waals surface area contributed by atoms with E-state index in [9.17, 15) is 0 Å². The molecule has 4 aliphatic carbocycles. The van der Waals surface area contributed by atoms with E-state index in [1.807, 2.05) is 0 Å². The van der Waals surface area contributed by atoms with E-state index in [2.05, 4.69) is 38.7 Å². The van der Waals surface area contributed by atoms with Crippen LogP contribution >= 0.6 is 0 Å². The number of hydrogen-bond acceptors (Lipinski definition) is 1. The minimum absolute atomic E-state index is 0.638. The van der Waals surface area contributed by atoms with Crippen LogP contribution in [0.2, 0.25) is 0 Å². The van der Waals surface area contributed by atoms with Crippen LogP contribution in [0.3, 0.4) is 0 Å². The van der Waals surface area contributed by atoms with Crippen molar-refractivity contribution in [3.05, 3.63) is 12.7 Å². The van der Waals surface area contributed by atoms with Gasteiger partial charge in [-0.15, -0.1) is 6.58 Å². The molecule has 4 rings (SSSR count). The Kier molecular flexibility index (Phi) is 3.56. The Morgan fingerprint density at radius 2 is 1.80 bits per heavy atom. The molecule has 4 bridgehead atoms. The third-order valence-corrected chi connectivity index (χ3v) is 6.37. The zero-order valence-corrected chi connectivity index (χ0v) is 13.8. The third kappa shape index (κ3) is 2.58. The van der Waals surface area contributed by atoms with E-state index in [-0.39, 0.29) is 0 Å². The largest absolute Gasteiger partial charge is 0.314 e. The third-order valence-electron chi connectivity index (χ3n) is 6.37. The first-order valence-corrected chi connectivity index (χ1v) is 8.74. The zero-order valence-electron chi connectivity index (χ0n) is 13.8. The van der Waals surface area contributed by atoms with E-state index < -0.39 is 0 Å². The summed E-state index contributed by atoms with van der Waals surface area (Å²) in [4.78, 5) is 0. The summed E-state index contributed by atoms with van der Waals surface area (Å²) in [5, 5.41) is 3.71. The van der Waals surface area contributed by atoms with E-state index >= 15 is 0 Å². The maximum absolute atomic E-state index is 3.96. The molecule has 0 radical (unpaired) electrons. The molecular weight excluding hydrogens is 242 g/mol. The lowest BCUT2D eigenvalue weighted by Crippen LogP contribution is -2.56. The highest BCUT2D eigenvalue weighted by Gasteiger charge is 2.59. The highest BCUT2D eigenvalue weighted by molar-refractivity contribution is 5.11. The van der Waals surface area contributed by atoms with Crippen LogP contribution in [0, 0.1) is 22.2 Å². The number of rotatable bonds is 6. The normalized spacial score (nSPS) is 47.5. The van der Waals surface area contributed by atoms with Gasteiger partial charge in [0.2, 0.25) is 0 Å². The summed E-state index contributed by atoms with van der Waals surface area (Å²) in [6.07, 6.45) is 13.6. The molecular formula is C19H33N. The number of nitrogens with one attached hydrogen (secondary N) is 1. The average Bonchev–Trinajstić information content (AvgIpc) is 2.23. The first-order chi connectivity index (χ1) is 9.40. The molecule has 1 nitrogen and oxygen atoms in total. The summed E-state index contributed by atoms with van der Waals surface area (Å²) in [6.45, 7) is 12.5. The van der Waals surface area contributed by atoms with Crippen molar-refractivity contribution in [2.45, 2.75) is 78.2 Å². The van der Waals surface area contributed by atoms with Crippen molar-refractivity contribution in [3.8, 4) is 0 Å². The highest BCUT2D eigenvalue weighted by atomic mass is 14.9. The van der Waals surface area contributed by atoms with Crippen LogP contribution in [0.5, 0.6) is 0 Å². The summed E-state index contributed by atoms with van der Waals surface area (Å²) < 4.78 is 0. The molecule has 114 valence electrons. The van der Waals surface area contributed by atoms with Gasteiger partial charge in [-0.05, 0) is 80.1 Å². The fourth-order valence-corrected chi connectivity index (χ4v) is 7.16. The molecule has 1 N–H and O–H groups in total. The molecule has 3 unspecified atom stereocenters. The maximum Gasteiger partial charge on any atom is 0.0107 e. The summed E-state index contributed by atoms with van der Waals surface area (Å²) >= 11 is 0. The van der Waals surface area contributed by atoms with Crippen LogP contribution < -0.4 is 5.32 Å². The van der Waals surface area contributed by atoms with Gasteiger partial charge in [0.15, 0.2) is 0 Å². The monoisotopic (exact) mass is 275 g/mol.